The maximum Gasteiger partial charge on any atom is 0.254 e. The van der Waals surface area contributed by atoms with E-state index in [1.165, 1.54) is 12.1 Å². The molecule has 0 aliphatic heterocycles. The molecule has 2 heterocycles. The van der Waals surface area contributed by atoms with E-state index in [1.54, 1.807) is 30.6 Å². The average Bonchev–Trinajstić information content (AvgIpc) is 3.17. The fourth-order valence-electron chi connectivity index (χ4n) is 3.30. The number of hydrogen-bond acceptors (Lipinski definition) is 3. The van der Waals surface area contributed by atoms with E-state index in [1.807, 2.05) is 30.5 Å². The minimum atomic E-state index is -0.928. The van der Waals surface area contributed by atoms with Crippen LogP contribution in [0.1, 0.15) is 15.9 Å². The quantitative estimate of drug-likeness (QED) is 0.381. The smallest absolute Gasteiger partial charge is 0.254 e. The van der Waals surface area contributed by atoms with Crippen LogP contribution in [-0.2, 0) is 11.2 Å². The lowest BCUT2D eigenvalue weighted by atomic mass is 10.0. The Hall–Kier alpha value is -3.52. The number of carbonyl (C=O) groups is 2. The Balaban J connectivity index is 1.61. The molecule has 4 aromatic rings. The van der Waals surface area contributed by atoms with Crippen LogP contribution in [-0.4, -0.2) is 27.8 Å². The number of amides is 2. The van der Waals surface area contributed by atoms with Crippen LogP contribution in [0.5, 0.6) is 0 Å². The lowest BCUT2D eigenvalue weighted by Crippen LogP contribution is -2.45. The molecule has 0 saturated carbocycles. The summed E-state index contributed by atoms with van der Waals surface area (Å²) in [5, 5.41) is 6.41. The molecule has 0 bridgehead atoms. The molecular formula is C23H18BrFN4O2. The summed E-state index contributed by atoms with van der Waals surface area (Å²) in [7, 11) is 0. The van der Waals surface area contributed by atoms with E-state index in [0.29, 0.717) is 10.2 Å². The normalized spacial score (nSPS) is 11.8. The first kappa shape index (κ1) is 20.7. The largest absolute Gasteiger partial charge is 0.361 e. The SMILES string of the molecule is O=C(N[C@@H](Cc1c[nH]c2ccccc12)C(=O)Nc1ccncc1)c1ccc(Br)cc1F. The van der Waals surface area contributed by atoms with E-state index in [-0.39, 0.29) is 12.0 Å². The van der Waals surface area contributed by atoms with Crippen molar-refractivity contribution in [3.63, 3.8) is 0 Å². The van der Waals surface area contributed by atoms with E-state index in [9.17, 15) is 14.0 Å². The number of pyridine rings is 1. The predicted octanol–water partition coefficient (Wildman–Crippen LogP) is 4.44. The fourth-order valence-corrected chi connectivity index (χ4v) is 3.64. The van der Waals surface area contributed by atoms with Crippen molar-refractivity contribution >= 4 is 44.3 Å². The number of para-hydroxylation sites is 1. The number of anilines is 1. The Morgan fingerprint density at radius 1 is 1.10 bits per heavy atom. The average molecular weight is 481 g/mol. The molecule has 0 unspecified atom stereocenters. The number of fused-ring (bicyclic) bond motifs is 1. The minimum Gasteiger partial charge on any atom is -0.361 e. The molecule has 156 valence electrons. The number of hydrogen-bond donors (Lipinski definition) is 3. The maximum atomic E-state index is 14.3. The van der Waals surface area contributed by atoms with Gasteiger partial charge in [0.05, 0.1) is 5.56 Å². The summed E-state index contributed by atoms with van der Waals surface area (Å²) in [5.41, 5.74) is 2.20. The van der Waals surface area contributed by atoms with Crippen molar-refractivity contribution in [1.82, 2.24) is 15.3 Å². The molecule has 31 heavy (non-hydrogen) atoms. The molecule has 2 amide bonds. The van der Waals surface area contributed by atoms with Gasteiger partial charge in [0.25, 0.3) is 5.91 Å². The van der Waals surface area contributed by atoms with Gasteiger partial charge in [-0.25, -0.2) is 4.39 Å². The zero-order valence-electron chi connectivity index (χ0n) is 16.2. The van der Waals surface area contributed by atoms with Crippen LogP contribution in [0.25, 0.3) is 10.9 Å². The number of halogens is 2. The second-order valence-electron chi connectivity index (χ2n) is 6.94. The molecule has 1 atom stereocenters. The first-order valence-corrected chi connectivity index (χ1v) is 10.3. The number of nitrogens with zero attached hydrogens (tertiary/aromatic N) is 1. The third kappa shape index (κ3) is 4.80. The highest BCUT2D eigenvalue weighted by atomic mass is 79.9. The zero-order valence-corrected chi connectivity index (χ0v) is 17.8. The van der Waals surface area contributed by atoms with Crippen molar-refractivity contribution in [2.75, 3.05) is 5.32 Å². The van der Waals surface area contributed by atoms with Crippen LogP contribution in [0.3, 0.4) is 0 Å². The Labute approximate surface area is 186 Å². The number of aromatic nitrogens is 2. The van der Waals surface area contributed by atoms with Gasteiger partial charge < -0.3 is 15.6 Å². The molecule has 0 saturated heterocycles. The van der Waals surface area contributed by atoms with Gasteiger partial charge in [-0.3, -0.25) is 14.6 Å². The van der Waals surface area contributed by atoms with Crippen molar-refractivity contribution in [2.24, 2.45) is 0 Å². The highest BCUT2D eigenvalue weighted by molar-refractivity contribution is 9.10. The highest BCUT2D eigenvalue weighted by Crippen LogP contribution is 2.20. The van der Waals surface area contributed by atoms with E-state index >= 15 is 0 Å². The first-order chi connectivity index (χ1) is 15.0. The topological polar surface area (TPSA) is 86.9 Å². The summed E-state index contributed by atoms with van der Waals surface area (Å²) in [4.78, 5) is 32.9. The monoisotopic (exact) mass is 480 g/mol. The van der Waals surface area contributed by atoms with E-state index in [0.717, 1.165) is 16.5 Å². The second kappa shape index (κ2) is 9.09. The molecule has 0 aliphatic rings. The van der Waals surface area contributed by atoms with Crippen LogP contribution >= 0.6 is 15.9 Å². The fraction of sp³-hybridized carbons (Fsp3) is 0.0870. The van der Waals surface area contributed by atoms with E-state index in [2.05, 4.69) is 36.5 Å². The molecule has 2 aromatic heterocycles. The van der Waals surface area contributed by atoms with Crippen molar-refractivity contribution in [3.8, 4) is 0 Å². The summed E-state index contributed by atoms with van der Waals surface area (Å²) >= 11 is 3.17. The number of carbonyl (C=O) groups excluding carboxylic acids is 2. The van der Waals surface area contributed by atoms with Crippen LogP contribution in [0, 0.1) is 5.82 Å². The van der Waals surface area contributed by atoms with Gasteiger partial charge in [0.15, 0.2) is 0 Å². The van der Waals surface area contributed by atoms with Gasteiger partial charge in [-0.1, -0.05) is 34.1 Å². The number of H-pyrrole nitrogens is 1. The van der Waals surface area contributed by atoms with E-state index < -0.39 is 23.7 Å². The molecule has 0 aliphatic carbocycles. The van der Waals surface area contributed by atoms with Crippen molar-refractivity contribution in [3.05, 3.63) is 94.6 Å². The highest BCUT2D eigenvalue weighted by Gasteiger charge is 2.24. The van der Waals surface area contributed by atoms with Crippen LogP contribution in [0.15, 0.2) is 77.7 Å². The Morgan fingerprint density at radius 3 is 2.65 bits per heavy atom. The molecule has 8 heteroatoms. The van der Waals surface area contributed by atoms with Gasteiger partial charge >= 0.3 is 0 Å². The van der Waals surface area contributed by atoms with Crippen molar-refractivity contribution in [1.29, 1.82) is 0 Å². The molecule has 6 nitrogen and oxygen atoms in total. The molecule has 3 N–H and O–H groups in total. The summed E-state index contributed by atoms with van der Waals surface area (Å²) in [5.74, 6) is -1.76. The maximum absolute atomic E-state index is 14.3. The summed E-state index contributed by atoms with van der Waals surface area (Å²) in [6.45, 7) is 0. The van der Waals surface area contributed by atoms with E-state index in [4.69, 9.17) is 0 Å². The first-order valence-electron chi connectivity index (χ1n) is 9.53. The van der Waals surface area contributed by atoms with Gasteiger partial charge in [-0.05, 0) is 42.0 Å². The van der Waals surface area contributed by atoms with Gasteiger partial charge in [-0.15, -0.1) is 0 Å². The minimum absolute atomic E-state index is 0.135. The molecule has 2 aromatic carbocycles. The molecule has 4 rings (SSSR count). The standard InChI is InChI=1S/C23H18BrFN4O2/c24-15-5-6-18(19(25)12-15)22(30)29-21(23(31)28-16-7-9-26-10-8-16)11-14-13-27-20-4-2-1-3-17(14)20/h1-10,12-13,21,27H,11H2,(H,29,30)(H,26,28,31)/t21-/m0/s1. The number of nitrogens with one attached hydrogen (secondary N) is 3. The van der Waals surface area contributed by atoms with Gasteiger partial charge in [0.2, 0.25) is 5.91 Å². The second-order valence-corrected chi connectivity index (χ2v) is 7.85. The molecule has 0 fully saturated rings. The zero-order chi connectivity index (χ0) is 21.8. The van der Waals surface area contributed by atoms with Crippen molar-refractivity contribution < 1.29 is 14.0 Å². The molecule has 0 spiro atoms. The van der Waals surface area contributed by atoms with Crippen LogP contribution in [0.4, 0.5) is 10.1 Å². The Kier molecular flexibility index (Phi) is 6.08. The Bertz CT molecular complexity index is 1240. The molecule has 0 radical (unpaired) electrons. The van der Waals surface area contributed by atoms with Gasteiger partial charge in [0.1, 0.15) is 11.9 Å². The molecular weight excluding hydrogens is 463 g/mol. The van der Waals surface area contributed by atoms with Crippen LogP contribution < -0.4 is 10.6 Å². The number of benzene rings is 2. The Morgan fingerprint density at radius 2 is 1.87 bits per heavy atom. The number of rotatable bonds is 6. The summed E-state index contributed by atoms with van der Waals surface area (Å²) in [6.07, 6.45) is 5.15. The van der Waals surface area contributed by atoms with Gasteiger partial charge in [-0.2, -0.15) is 0 Å². The predicted molar refractivity (Wildman–Crippen MR) is 120 cm³/mol. The third-order valence-electron chi connectivity index (χ3n) is 4.84. The van der Waals surface area contributed by atoms with Crippen molar-refractivity contribution in [2.45, 2.75) is 12.5 Å². The summed E-state index contributed by atoms with van der Waals surface area (Å²) < 4.78 is 14.8. The lowest BCUT2D eigenvalue weighted by molar-refractivity contribution is -0.118. The van der Waals surface area contributed by atoms with Crippen LogP contribution in [0.2, 0.25) is 0 Å². The number of aromatic amines is 1. The lowest BCUT2D eigenvalue weighted by Gasteiger charge is -2.19. The summed E-state index contributed by atoms with van der Waals surface area (Å²) in [6, 6.07) is 14.2. The van der Waals surface area contributed by atoms with Gasteiger partial charge in [0, 0.05) is 46.1 Å². The third-order valence-corrected chi connectivity index (χ3v) is 5.34.